The first-order valence-electron chi connectivity index (χ1n) is 9.19. The van der Waals surface area contributed by atoms with Crippen LogP contribution in [0.5, 0.6) is 0 Å². The molecule has 0 amide bonds. The summed E-state index contributed by atoms with van der Waals surface area (Å²) in [6, 6.07) is 11.6. The molecule has 0 saturated carbocycles. The maximum Gasteiger partial charge on any atom is 0.117 e. The summed E-state index contributed by atoms with van der Waals surface area (Å²) >= 11 is 0. The van der Waals surface area contributed by atoms with Crippen molar-refractivity contribution in [3.8, 4) is 0 Å². The summed E-state index contributed by atoms with van der Waals surface area (Å²) in [5.74, 6) is 1.09. The molecule has 124 valence electrons. The number of aryl methyl sites for hydroxylation is 3. The molecule has 0 N–H and O–H groups in total. The smallest absolute Gasteiger partial charge is 0.117 e. The van der Waals surface area contributed by atoms with Crippen molar-refractivity contribution in [2.24, 2.45) is 0 Å². The van der Waals surface area contributed by atoms with Gasteiger partial charge < -0.3 is 8.98 Å². The van der Waals surface area contributed by atoms with Crippen LogP contribution in [0.25, 0.3) is 10.9 Å². The molecule has 0 spiro atoms. The van der Waals surface area contributed by atoms with Gasteiger partial charge in [0, 0.05) is 29.7 Å². The van der Waals surface area contributed by atoms with E-state index < -0.39 is 0 Å². The van der Waals surface area contributed by atoms with E-state index in [0.717, 1.165) is 25.4 Å². The van der Waals surface area contributed by atoms with Crippen molar-refractivity contribution < 1.29 is 4.42 Å². The molecule has 24 heavy (non-hydrogen) atoms. The van der Waals surface area contributed by atoms with Crippen LogP contribution in [-0.2, 0) is 19.5 Å². The molecule has 0 saturated heterocycles. The molecule has 1 aliphatic heterocycles. The predicted molar refractivity (Wildman–Crippen MR) is 96.1 cm³/mol. The Kier molecular flexibility index (Phi) is 3.30. The zero-order valence-corrected chi connectivity index (χ0v) is 14.3. The lowest BCUT2D eigenvalue weighted by atomic mass is 9.90. The minimum Gasteiger partial charge on any atom is -0.468 e. The van der Waals surface area contributed by atoms with Gasteiger partial charge in [-0.3, -0.25) is 4.90 Å². The number of furan rings is 1. The van der Waals surface area contributed by atoms with Crippen molar-refractivity contribution in [1.29, 1.82) is 0 Å². The standard InChI is InChI=1S/C21H24N2O/c1-15-8-9-19-18(13-15)17-6-2-7-20-21(17)23(19)11-4-10-22(20)14-16-5-3-12-24-16/h3,5,8-9,12-13,20H,2,4,6-7,10-11,14H2,1H3/t20-/m0/s1. The summed E-state index contributed by atoms with van der Waals surface area (Å²) in [5.41, 5.74) is 6.01. The van der Waals surface area contributed by atoms with E-state index in [4.69, 9.17) is 4.42 Å². The van der Waals surface area contributed by atoms with E-state index in [1.807, 2.05) is 6.07 Å². The van der Waals surface area contributed by atoms with Crippen LogP contribution >= 0.6 is 0 Å². The van der Waals surface area contributed by atoms with Crippen molar-refractivity contribution in [2.45, 2.75) is 51.7 Å². The van der Waals surface area contributed by atoms with Crippen LogP contribution in [-0.4, -0.2) is 16.0 Å². The van der Waals surface area contributed by atoms with Gasteiger partial charge in [-0.05, 0) is 62.4 Å². The van der Waals surface area contributed by atoms with Crippen LogP contribution in [0.4, 0.5) is 0 Å². The topological polar surface area (TPSA) is 21.3 Å². The zero-order valence-electron chi connectivity index (χ0n) is 14.3. The van der Waals surface area contributed by atoms with Gasteiger partial charge in [0.05, 0.1) is 18.8 Å². The molecule has 2 aromatic heterocycles. The third-order valence-electron chi connectivity index (χ3n) is 5.79. The van der Waals surface area contributed by atoms with E-state index >= 15 is 0 Å². The van der Waals surface area contributed by atoms with E-state index in [9.17, 15) is 0 Å². The first-order chi connectivity index (χ1) is 11.8. The molecule has 0 unspecified atom stereocenters. The average molecular weight is 320 g/mol. The summed E-state index contributed by atoms with van der Waals surface area (Å²) in [5, 5.41) is 1.49. The van der Waals surface area contributed by atoms with Crippen LogP contribution in [0.1, 0.15) is 47.9 Å². The van der Waals surface area contributed by atoms with Crippen LogP contribution in [0.15, 0.2) is 41.0 Å². The summed E-state index contributed by atoms with van der Waals surface area (Å²) in [6.45, 7) is 5.43. The van der Waals surface area contributed by atoms with Crippen molar-refractivity contribution >= 4 is 10.9 Å². The fourth-order valence-corrected chi connectivity index (χ4v) is 4.79. The number of fused-ring (bicyclic) bond motifs is 3. The number of rotatable bonds is 2. The molecule has 5 rings (SSSR count). The molecular formula is C21H24N2O. The molecule has 3 nitrogen and oxygen atoms in total. The molecule has 0 fully saturated rings. The molecule has 1 atom stereocenters. The lowest BCUT2D eigenvalue weighted by Gasteiger charge is -2.33. The van der Waals surface area contributed by atoms with Gasteiger partial charge in [-0.25, -0.2) is 0 Å². The van der Waals surface area contributed by atoms with Gasteiger partial charge in [0.25, 0.3) is 0 Å². The van der Waals surface area contributed by atoms with Gasteiger partial charge in [-0.15, -0.1) is 0 Å². The molecule has 3 heterocycles. The van der Waals surface area contributed by atoms with Crippen molar-refractivity contribution in [2.75, 3.05) is 6.54 Å². The average Bonchev–Trinajstić information content (AvgIpc) is 3.15. The molecule has 3 heteroatoms. The van der Waals surface area contributed by atoms with Gasteiger partial charge in [0.2, 0.25) is 0 Å². The summed E-state index contributed by atoms with van der Waals surface area (Å²) in [7, 11) is 0. The van der Waals surface area contributed by atoms with Crippen LogP contribution in [0.3, 0.4) is 0 Å². The fraction of sp³-hybridized carbons (Fsp3) is 0.429. The Balaban J connectivity index is 1.64. The highest BCUT2D eigenvalue weighted by Crippen LogP contribution is 2.42. The predicted octanol–water partition coefficient (Wildman–Crippen LogP) is 4.83. The van der Waals surface area contributed by atoms with Gasteiger partial charge in [0.15, 0.2) is 0 Å². The number of aromatic nitrogens is 1. The number of hydrogen-bond donors (Lipinski definition) is 0. The van der Waals surface area contributed by atoms with Crippen LogP contribution in [0, 0.1) is 6.92 Å². The second kappa shape index (κ2) is 5.52. The SMILES string of the molecule is Cc1ccc2c(c1)c1c3n2CCCN(Cc2ccco2)[C@H]3CCC1. The lowest BCUT2D eigenvalue weighted by Crippen LogP contribution is -2.30. The van der Waals surface area contributed by atoms with Gasteiger partial charge in [0.1, 0.15) is 5.76 Å². The van der Waals surface area contributed by atoms with Crippen molar-refractivity contribution in [3.63, 3.8) is 0 Å². The number of hydrogen-bond acceptors (Lipinski definition) is 2. The summed E-state index contributed by atoms with van der Waals surface area (Å²) in [4.78, 5) is 2.64. The van der Waals surface area contributed by atoms with Crippen LogP contribution < -0.4 is 0 Å². The molecule has 1 aliphatic carbocycles. The molecule has 2 aliphatic rings. The highest BCUT2D eigenvalue weighted by atomic mass is 16.3. The minimum atomic E-state index is 0.536. The second-order valence-electron chi connectivity index (χ2n) is 7.35. The molecule has 0 radical (unpaired) electrons. The maximum atomic E-state index is 5.63. The summed E-state index contributed by atoms with van der Waals surface area (Å²) in [6.07, 6.45) is 6.79. The van der Waals surface area contributed by atoms with Gasteiger partial charge in [-0.1, -0.05) is 11.6 Å². The van der Waals surface area contributed by atoms with Crippen LogP contribution in [0.2, 0.25) is 0 Å². The normalized spacial score (nSPS) is 21.0. The van der Waals surface area contributed by atoms with E-state index in [1.54, 1.807) is 17.5 Å². The van der Waals surface area contributed by atoms with E-state index in [-0.39, 0.29) is 0 Å². The highest BCUT2D eigenvalue weighted by Gasteiger charge is 2.33. The highest BCUT2D eigenvalue weighted by molar-refractivity contribution is 5.86. The largest absolute Gasteiger partial charge is 0.468 e. The van der Waals surface area contributed by atoms with Crippen molar-refractivity contribution in [1.82, 2.24) is 9.47 Å². The minimum absolute atomic E-state index is 0.536. The Hall–Kier alpha value is -2.00. The Morgan fingerprint density at radius 2 is 2.12 bits per heavy atom. The first kappa shape index (κ1) is 14.4. The van der Waals surface area contributed by atoms with E-state index in [1.165, 1.54) is 42.1 Å². The van der Waals surface area contributed by atoms with E-state index in [2.05, 4.69) is 40.7 Å². The second-order valence-corrected chi connectivity index (χ2v) is 7.35. The Morgan fingerprint density at radius 1 is 1.17 bits per heavy atom. The number of benzene rings is 1. The van der Waals surface area contributed by atoms with Crippen molar-refractivity contribution in [3.05, 3.63) is 59.2 Å². The number of nitrogens with zero attached hydrogens (tertiary/aromatic N) is 2. The monoisotopic (exact) mass is 320 g/mol. The van der Waals surface area contributed by atoms with Gasteiger partial charge >= 0.3 is 0 Å². The molecule has 3 aromatic rings. The molecule has 1 aromatic carbocycles. The lowest BCUT2D eigenvalue weighted by molar-refractivity contribution is 0.161. The Morgan fingerprint density at radius 3 is 3.00 bits per heavy atom. The Labute approximate surface area is 142 Å². The quantitative estimate of drug-likeness (QED) is 0.674. The molecular weight excluding hydrogens is 296 g/mol. The maximum absolute atomic E-state index is 5.63. The van der Waals surface area contributed by atoms with Gasteiger partial charge in [-0.2, -0.15) is 0 Å². The third-order valence-corrected chi connectivity index (χ3v) is 5.79. The fourth-order valence-electron chi connectivity index (χ4n) is 4.79. The molecule has 0 bridgehead atoms. The van der Waals surface area contributed by atoms with E-state index in [0.29, 0.717) is 6.04 Å². The zero-order chi connectivity index (χ0) is 16.1. The first-order valence-corrected chi connectivity index (χ1v) is 9.19. The summed E-state index contributed by atoms with van der Waals surface area (Å²) < 4.78 is 8.25. The third kappa shape index (κ3) is 2.15. The Bertz CT molecular complexity index is 871.